The minimum atomic E-state index is -0.508. The second kappa shape index (κ2) is 5.61. The normalized spacial score (nSPS) is 10.7. The number of hydrazine groups is 1. The van der Waals surface area contributed by atoms with E-state index in [1.807, 2.05) is 13.8 Å². The SMILES string of the molecule is Cc1nnc(NC(=O)c2nc(C(C)C)ncc2NN)o1. The summed E-state index contributed by atoms with van der Waals surface area (Å²) in [6, 6.07) is 0.000167. The Labute approximate surface area is 115 Å². The molecule has 0 spiro atoms. The van der Waals surface area contributed by atoms with Crippen molar-refractivity contribution in [2.24, 2.45) is 5.84 Å². The second-order valence-electron chi connectivity index (χ2n) is 4.37. The van der Waals surface area contributed by atoms with E-state index in [1.54, 1.807) is 6.92 Å². The molecule has 2 aromatic heterocycles. The Morgan fingerprint density at radius 2 is 2.15 bits per heavy atom. The standard InChI is InChI=1S/C11H15N7O2/c1-5(2)9-13-4-7(16-12)8(14-9)10(19)15-11-18-17-6(3)20-11/h4-5,16H,12H2,1-3H3,(H,15,18,19). The molecule has 0 aliphatic rings. The Morgan fingerprint density at radius 3 is 2.70 bits per heavy atom. The summed E-state index contributed by atoms with van der Waals surface area (Å²) in [7, 11) is 0. The van der Waals surface area contributed by atoms with Crippen molar-refractivity contribution in [1.29, 1.82) is 0 Å². The van der Waals surface area contributed by atoms with Crippen LogP contribution in [0, 0.1) is 6.92 Å². The average molecular weight is 277 g/mol. The summed E-state index contributed by atoms with van der Waals surface area (Å²) in [4.78, 5) is 20.5. The molecule has 0 atom stereocenters. The van der Waals surface area contributed by atoms with E-state index >= 15 is 0 Å². The molecule has 2 heterocycles. The number of aromatic nitrogens is 4. The highest BCUT2D eigenvalue weighted by Crippen LogP contribution is 2.16. The third-order valence-electron chi connectivity index (χ3n) is 2.44. The summed E-state index contributed by atoms with van der Waals surface area (Å²) in [6.45, 7) is 5.47. The smallest absolute Gasteiger partial charge is 0.322 e. The van der Waals surface area contributed by atoms with Gasteiger partial charge in [0.05, 0.1) is 11.9 Å². The van der Waals surface area contributed by atoms with Crippen LogP contribution < -0.4 is 16.6 Å². The predicted molar refractivity (Wildman–Crippen MR) is 70.9 cm³/mol. The van der Waals surface area contributed by atoms with E-state index in [9.17, 15) is 4.79 Å². The van der Waals surface area contributed by atoms with Crippen molar-refractivity contribution in [3.8, 4) is 0 Å². The lowest BCUT2D eigenvalue weighted by Crippen LogP contribution is -2.20. The van der Waals surface area contributed by atoms with Crippen molar-refractivity contribution < 1.29 is 9.21 Å². The molecule has 0 bridgehead atoms. The van der Waals surface area contributed by atoms with Gasteiger partial charge in [-0.15, -0.1) is 5.10 Å². The Balaban J connectivity index is 2.29. The van der Waals surface area contributed by atoms with Crippen molar-refractivity contribution in [3.05, 3.63) is 23.6 Å². The molecule has 106 valence electrons. The maximum absolute atomic E-state index is 12.2. The van der Waals surface area contributed by atoms with Crippen LogP contribution >= 0.6 is 0 Å². The Hall–Kier alpha value is -2.55. The van der Waals surface area contributed by atoms with Gasteiger partial charge in [0.1, 0.15) is 5.82 Å². The second-order valence-corrected chi connectivity index (χ2v) is 4.37. The molecule has 0 saturated carbocycles. The molecule has 0 aliphatic heterocycles. The van der Waals surface area contributed by atoms with E-state index in [2.05, 4.69) is 30.9 Å². The molecular weight excluding hydrogens is 262 g/mol. The third-order valence-corrected chi connectivity index (χ3v) is 2.44. The van der Waals surface area contributed by atoms with Crippen LogP contribution in [0.1, 0.15) is 42.0 Å². The highest BCUT2D eigenvalue weighted by Gasteiger charge is 2.18. The molecule has 0 fully saturated rings. The van der Waals surface area contributed by atoms with Crippen molar-refractivity contribution >= 4 is 17.6 Å². The van der Waals surface area contributed by atoms with Gasteiger partial charge in [-0.3, -0.25) is 16.0 Å². The van der Waals surface area contributed by atoms with Crippen molar-refractivity contribution in [2.45, 2.75) is 26.7 Å². The van der Waals surface area contributed by atoms with Gasteiger partial charge in [0.15, 0.2) is 5.69 Å². The van der Waals surface area contributed by atoms with E-state index in [0.29, 0.717) is 17.4 Å². The third kappa shape index (κ3) is 2.88. The number of nitrogens with two attached hydrogens (primary N) is 1. The summed E-state index contributed by atoms with van der Waals surface area (Å²) in [6.07, 6.45) is 1.45. The van der Waals surface area contributed by atoms with Crippen LogP contribution in [0.4, 0.5) is 11.7 Å². The number of rotatable bonds is 4. The number of nitrogen functional groups attached to an aromatic ring is 1. The van der Waals surface area contributed by atoms with Crippen LogP contribution in [0.2, 0.25) is 0 Å². The zero-order chi connectivity index (χ0) is 14.7. The highest BCUT2D eigenvalue weighted by atomic mass is 16.4. The monoisotopic (exact) mass is 277 g/mol. The maximum atomic E-state index is 12.2. The largest absolute Gasteiger partial charge is 0.408 e. The van der Waals surface area contributed by atoms with Gasteiger partial charge >= 0.3 is 6.01 Å². The first-order valence-electron chi connectivity index (χ1n) is 5.96. The number of hydrogen-bond donors (Lipinski definition) is 3. The van der Waals surface area contributed by atoms with Gasteiger partial charge < -0.3 is 9.84 Å². The number of aryl methyl sites for hydroxylation is 1. The van der Waals surface area contributed by atoms with Crippen molar-refractivity contribution in [3.63, 3.8) is 0 Å². The molecule has 20 heavy (non-hydrogen) atoms. The molecule has 9 heteroatoms. The number of hydrogen-bond acceptors (Lipinski definition) is 8. The quantitative estimate of drug-likeness (QED) is 0.553. The van der Waals surface area contributed by atoms with Crippen LogP contribution in [0.15, 0.2) is 10.6 Å². The Kier molecular flexibility index (Phi) is 3.89. The number of amides is 1. The number of carbonyl (C=O) groups excluding carboxylic acids is 1. The van der Waals surface area contributed by atoms with Crippen LogP contribution in [0.3, 0.4) is 0 Å². The van der Waals surface area contributed by atoms with Gasteiger partial charge in [0.25, 0.3) is 5.91 Å². The first-order valence-corrected chi connectivity index (χ1v) is 5.96. The molecule has 9 nitrogen and oxygen atoms in total. The summed E-state index contributed by atoms with van der Waals surface area (Å²) in [5.74, 6) is 5.81. The number of nitrogens with one attached hydrogen (secondary N) is 2. The molecule has 0 aromatic carbocycles. The van der Waals surface area contributed by atoms with Crippen LogP contribution in [0.25, 0.3) is 0 Å². The molecule has 0 radical (unpaired) electrons. The molecule has 1 amide bonds. The van der Waals surface area contributed by atoms with Crippen LogP contribution in [-0.4, -0.2) is 26.1 Å². The van der Waals surface area contributed by atoms with Gasteiger partial charge in [0.2, 0.25) is 5.89 Å². The molecule has 0 saturated heterocycles. The predicted octanol–water partition coefficient (Wildman–Crippen LogP) is 0.829. The van der Waals surface area contributed by atoms with Crippen molar-refractivity contribution in [2.75, 3.05) is 10.7 Å². The van der Waals surface area contributed by atoms with Gasteiger partial charge in [0, 0.05) is 12.8 Å². The number of nitrogens with zero attached hydrogens (tertiary/aromatic N) is 4. The maximum Gasteiger partial charge on any atom is 0.322 e. The zero-order valence-electron chi connectivity index (χ0n) is 11.3. The molecule has 2 rings (SSSR count). The number of anilines is 2. The van der Waals surface area contributed by atoms with Gasteiger partial charge in [-0.1, -0.05) is 18.9 Å². The van der Waals surface area contributed by atoms with E-state index in [-0.39, 0.29) is 17.6 Å². The van der Waals surface area contributed by atoms with Crippen LogP contribution in [0.5, 0.6) is 0 Å². The number of carbonyl (C=O) groups is 1. The van der Waals surface area contributed by atoms with E-state index in [1.165, 1.54) is 6.20 Å². The summed E-state index contributed by atoms with van der Waals surface area (Å²) >= 11 is 0. The molecule has 2 aromatic rings. The average Bonchev–Trinajstić information content (AvgIpc) is 2.83. The summed E-state index contributed by atoms with van der Waals surface area (Å²) < 4.78 is 5.08. The first-order chi connectivity index (χ1) is 9.51. The van der Waals surface area contributed by atoms with E-state index < -0.39 is 5.91 Å². The van der Waals surface area contributed by atoms with E-state index in [4.69, 9.17) is 10.3 Å². The highest BCUT2D eigenvalue weighted by molar-refractivity contribution is 6.05. The minimum absolute atomic E-state index is 0.000167. The minimum Gasteiger partial charge on any atom is -0.408 e. The van der Waals surface area contributed by atoms with Crippen molar-refractivity contribution in [1.82, 2.24) is 20.2 Å². The van der Waals surface area contributed by atoms with Gasteiger partial charge in [-0.2, -0.15) is 0 Å². The fourth-order valence-electron chi connectivity index (χ4n) is 1.46. The topological polar surface area (TPSA) is 132 Å². The summed E-state index contributed by atoms with van der Waals surface area (Å²) in [5, 5.41) is 9.75. The van der Waals surface area contributed by atoms with Gasteiger partial charge in [-0.05, 0) is 0 Å². The fourth-order valence-corrected chi connectivity index (χ4v) is 1.46. The molecule has 0 aliphatic carbocycles. The molecular formula is C11H15N7O2. The fraction of sp³-hybridized carbons (Fsp3) is 0.364. The lowest BCUT2D eigenvalue weighted by molar-refractivity contribution is 0.101. The zero-order valence-corrected chi connectivity index (χ0v) is 11.3. The van der Waals surface area contributed by atoms with E-state index in [0.717, 1.165) is 0 Å². The molecule has 0 unspecified atom stereocenters. The Bertz CT molecular complexity index is 623. The Morgan fingerprint density at radius 1 is 1.40 bits per heavy atom. The summed E-state index contributed by atoms with van der Waals surface area (Å²) in [5.41, 5.74) is 2.80. The lowest BCUT2D eigenvalue weighted by atomic mass is 10.2. The van der Waals surface area contributed by atoms with Gasteiger partial charge in [-0.25, -0.2) is 9.97 Å². The molecule has 4 N–H and O–H groups in total. The first kappa shape index (κ1) is 13.9. The lowest BCUT2D eigenvalue weighted by Gasteiger charge is -2.10. The van der Waals surface area contributed by atoms with Crippen LogP contribution in [-0.2, 0) is 0 Å².